The van der Waals surface area contributed by atoms with Gasteiger partial charge in [0, 0.05) is 32.7 Å². The molecule has 4 rings (SSSR count). The van der Waals surface area contributed by atoms with Crippen LogP contribution in [0.3, 0.4) is 0 Å². The van der Waals surface area contributed by atoms with Crippen molar-refractivity contribution >= 4 is 16.9 Å². The lowest BCUT2D eigenvalue weighted by molar-refractivity contribution is 0.249. The number of benzene rings is 2. The Kier molecular flexibility index (Phi) is 3.90. The summed E-state index contributed by atoms with van der Waals surface area (Å²) in [5.41, 5.74) is 3.31. The Balaban J connectivity index is 1.42. The quantitative estimate of drug-likeness (QED) is 0.745. The predicted octanol–water partition coefficient (Wildman–Crippen LogP) is 2.95. The van der Waals surface area contributed by atoms with Gasteiger partial charge in [0.2, 0.25) is 0 Å². The summed E-state index contributed by atoms with van der Waals surface area (Å²) in [6, 6.07) is 18.7. The van der Waals surface area contributed by atoms with Crippen LogP contribution >= 0.6 is 0 Å². The molecule has 3 aromatic rings. The van der Waals surface area contributed by atoms with Crippen molar-refractivity contribution in [2.24, 2.45) is 0 Å². The van der Waals surface area contributed by atoms with E-state index in [1.165, 1.54) is 5.56 Å². The molecule has 0 amide bonds. The van der Waals surface area contributed by atoms with E-state index in [0.717, 1.165) is 49.6 Å². The molecule has 1 aromatic heterocycles. The molecule has 116 valence electrons. The Labute approximate surface area is 136 Å². The molecule has 4 heteroatoms. The Bertz CT molecular complexity index is 779. The highest BCUT2D eigenvalue weighted by atomic mass is 15.3. The minimum atomic E-state index is 0.957. The fourth-order valence-corrected chi connectivity index (χ4v) is 3.08. The standard InChI is InChI=1S/C19H20N4/c1-2-6-16(7-3-1)15-22-10-12-23(13-11-22)19-14-20-17-8-4-5-9-18(17)21-19/h1-9,14H,10-13,15H2. The van der Waals surface area contributed by atoms with Crippen molar-refractivity contribution in [2.45, 2.75) is 6.54 Å². The van der Waals surface area contributed by atoms with Gasteiger partial charge in [0.1, 0.15) is 5.82 Å². The van der Waals surface area contributed by atoms with Crippen molar-refractivity contribution in [1.82, 2.24) is 14.9 Å². The number of rotatable bonds is 3. The Hall–Kier alpha value is -2.46. The molecule has 2 heterocycles. The van der Waals surface area contributed by atoms with Crippen LogP contribution in [0.25, 0.3) is 11.0 Å². The molecule has 0 bridgehead atoms. The summed E-state index contributed by atoms with van der Waals surface area (Å²) in [4.78, 5) is 14.1. The van der Waals surface area contributed by atoms with Gasteiger partial charge in [0.05, 0.1) is 17.2 Å². The second-order valence-corrected chi connectivity index (χ2v) is 5.97. The van der Waals surface area contributed by atoms with E-state index in [-0.39, 0.29) is 0 Å². The van der Waals surface area contributed by atoms with E-state index < -0.39 is 0 Å². The van der Waals surface area contributed by atoms with Crippen LogP contribution in [0.4, 0.5) is 5.82 Å². The zero-order chi connectivity index (χ0) is 15.5. The first-order valence-electron chi connectivity index (χ1n) is 8.11. The third-order valence-electron chi connectivity index (χ3n) is 4.38. The molecule has 4 nitrogen and oxygen atoms in total. The van der Waals surface area contributed by atoms with Crippen LogP contribution in [-0.2, 0) is 6.54 Å². The highest BCUT2D eigenvalue weighted by Gasteiger charge is 2.18. The van der Waals surface area contributed by atoms with E-state index in [9.17, 15) is 0 Å². The van der Waals surface area contributed by atoms with Gasteiger partial charge in [-0.3, -0.25) is 9.88 Å². The average Bonchev–Trinajstić information content (AvgIpc) is 2.63. The van der Waals surface area contributed by atoms with Crippen LogP contribution in [0.15, 0.2) is 60.8 Å². The first kappa shape index (κ1) is 14.2. The summed E-state index contributed by atoms with van der Waals surface area (Å²) in [5.74, 6) is 0.989. The maximum atomic E-state index is 4.75. The maximum absolute atomic E-state index is 4.75. The van der Waals surface area contributed by atoms with Gasteiger partial charge < -0.3 is 4.90 Å². The summed E-state index contributed by atoms with van der Waals surface area (Å²) >= 11 is 0. The van der Waals surface area contributed by atoms with Crippen molar-refractivity contribution in [3.05, 3.63) is 66.4 Å². The molecule has 1 aliphatic heterocycles. The van der Waals surface area contributed by atoms with Crippen molar-refractivity contribution in [2.75, 3.05) is 31.1 Å². The number of para-hydroxylation sites is 2. The maximum Gasteiger partial charge on any atom is 0.147 e. The fraction of sp³-hybridized carbons (Fsp3) is 0.263. The fourth-order valence-electron chi connectivity index (χ4n) is 3.08. The minimum Gasteiger partial charge on any atom is -0.353 e. The van der Waals surface area contributed by atoms with E-state index in [2.05, 4.69) is 45.1 Å². The van der Waals surface area contributed by atoms with Gasteiger partial charge in [-0.1, -0.05) is 42.5 Å². The summed E-state index contributed by atoms with van der Waals surface area (Å²) in [5, 5.41) is 0. The van der Waals surface area contributed by atoms with Gasteiger partial charge >= 0.3 is 0 Å². The van der Waals surface area contributed by atoms with Gasteiger partial charge in [-0.05, 0) is 17.7 Å². The van der Waals surface area contributed by atoms with Gasteiger partial charge in [0.25, 0.3) is 0 Å². The van der Waals surface area contributed by atoms with Gasteiger partial charge in [0.15, 0.2) is 0 Å². The molecule has 0 saturated carbocycles. The molecular weight excluding hydrogens is 284 g/mol. The second-order valence-electron chi connectivity index (χ2n) is 5.97. The van der Waals surface area contributed by atoms with Crippen LogP contribution in [0.2, 0.25) is 0 Å². The molecule has 1 aliphatic rings. The zero-order valence-corrected chi connectivity index (χ0v) is 13.1. The molecule has 0 spiro atoms. The minimum absolute atomic E-state index is 0.957. The Morgan fingerprint density at radius 3 is 2.26 bits per heavy atom. The summed E-state index contributed by atoms with van der Waals surface area (Å²) < 4.78 is 0. The largest absolute Gasteiger partial charge is 0.353 e. The monoisotopic (exact) mass is 304 g/mol. The third-order valence-corrected chi connectivity index (χ3v) is 4.38. The van der Waals surface area contributed by atoms with Crippen LogP contribution in [0.5, 0.6) is 0 Å². The van der Waals surface area contributed by atoms with E-state index in [0.29, 0.717) is 0 Å². The molecule has 0 unspecified atom stereocenters. The topological polar surface area (TPSA) is 32.3 Å². The Morgan fingerprint density at radius 1 is 0.783 bits per heavy atom. The highest BCUT2D eigenvalue weighted by molar-refractivity contribution is 5.75. The number of anilines is 1. The first-order valence-corrected chi connectivity index (χ1v) is 8.11. The molecule has 0 aliphatic carbocycles. The highest BCUT2D eigenvalue weighted by Crippen LogP contribution is 2.17. The second kappa shape index (κ2) is 6.34. The smallest absolute Gasteiger partial charge is 0.147 e. The summed E-state index contributed by atoms with van der Waals surface area (Å²) in [6.07, 6.45) is 1.90. The van der Waals surface area contributed by atoms with Crippen molar-refractivity contribution in [3.63, 3.8) is 0 Å². The molecule has 0 N–H and O–H groups in total. The SMILES string of the molecule is c1ccc(CN2CCN(c3cnc4ccccc4n3)CC2)cc1. The third kappa shape index (κ3) is 3.17. The van der Waals surface area contributed by atoms with Gasteiger partial charge in [-0.2, -0.15) is 0 Å². The van der Waals surface area contributed by atoms with Gasteiger partial charge in [-0.15, -0.1) is 0 Å². The van der Waals surface area contributed by atoms with E-state index >= 15 is 0 Å². The number of nitrogens with zero attached hydrogens (tertiary/aromatic N) is 4. The molecule has 23 heavy (non-hydrogen) atoms. The van der Waals surface area contributed by atoms with Crippen molar-refractivity contribution < 1.29 is 0 Å². The number of piperazine rings is 1. The van der Waals surface area contributed by atoms with E-state index in [4.69, 9.17) is 4.98 Å². The first-order chi connectivity index (χ1) is 11.4. The van der Waals surface area contributed by atoms with Crippen LogP contribution in [0.1, 0.15) is 5.56 Å². The molecule has 1 saturated heterocycles. The van der Waals surface area contributed by atoms with Crippen molar-refractivity contribution in [1.29, 1.82) is 0 Å². The predicted molar refractivity (Wildman–Crippen MR) is 93.5 cm³/mol. The lowest BCUT2D eigenvalue weighted by Crippen LogP contribution is -2.46. The number of hydrogen-bond acceptors (Lipinski definition) is 4. The Morgan fingerprint density at radius 2 is 1.48 bits per heavy atom. The van der Waals surface area contributed by atoms with Crippen LogP contribution < -0.4 is 4.90 Å². The lowest BCUT2D eigenvalue weighted by Gasteiger charge is -2.35. The molecule has 0 radical (unpaired) electrons. The van der Waals surface area contributed by atoms with Crippen molar-refractivity contribution in [3.8, 4) is 0 Å². The average molecular weight is 304 g/mol. The normalized spacial score (nSPS) is 15.9. The van der Waals surface area contributed by atoms with E-state index in [1.54, 1.807) is 0 Å². The summed E-state index contributed by atoms with van der Waals surface area (Å²) in [7, 11) is 0. The zero-order valence-electron chi connectivity index (χ0n) is 13.1. The summed E-state index contributed by atoms with van der Waals surface area (Å²) in [6.45, 7) is 5.14. The molecule has 0 atom stereocenters. The van der Waals surface area contributed by atoms with Gasteiger partial charge in [-0.25, -0.2) is 4.98 Å². The lowest BCUT2D eigenvalue weighted by atomic mass is 10.2. The van der Waals surface area contributed by atoms with Crippen LogP contribution in [0, 0.1) is 0 Å². The molecular formula is C19H20N4. The molecule has 2 aromatic carbocycles. The molecule has 1 fully saturated rings. The number of fused-ring (bicyclic) bond motifs is 1. The van der Waals surface area contributed by atoms with E-state index in [1.807, 2.05) is 30.5 Å². The number of hydrogen-bond donors (Lipinski definition) is 0. The van der Waals surface area contributed by atoms with Crippen LogP contribution in [-0.4, -0.2) is 41.0 Å². The number of aromatic nitrogens is 2.